The highest BCUT2D eigenvalue weighted by molar-refractivity contribution is 6.30. The van der Waals surface area contributed by atoms with Crippen molar-refractivity contribution in [2.45, 2.75) is 20.4 Å². The molecule has 8 heteroatoms. The summed E-state index contributed by atoms with van der Waals surface area (Å²) in [5.41, 5.74) is 2.08. The third-order valence-electron chi connectivity index (χ3n) is 4.10. The van der Waals surface area contributed by atoms with Crippen molar-refractivity contribution < 1.29 is 14.3 Å². The van der Waals surface area contributed by atoms with Gasteiger partial charge >= 0.3 is 5.97 Å². The third kappa shape index (κ3) is 4.20. The van der Waals surface area contributed by atoms with Crippen LogP contribution in [0.4, 0.5) is 5.69 Å². The molecule has 1 aromatic heterocycles. The Kier molecular flexibility index (Phi) is 5.75. The minimum atomic E-state index is -0.656. The Labute approximate surface area is 165 Å². The van der Waals surface area contributed by atoms with Gasteiger partial charge in [0.25, 0.3) is 11.5 Å². The Morgan fingerprint density at radius 1 is 1.21 bits per heavy atom. The summed E-state index contributed by atoms with van der Waals surface area (Å²) < 4.78 is 6.66. The number of nitrogens with one attached hydrogen (secondary N) is 1. The molecular weight excluding hydrogens is 382 g/mol. The molecule has 0 aliphatic carbocycles. The Bertz CT molecular complexity index is 1120. The van der Waals surface area contributed by atoms with Gasteiger partial charge in [-0.1, -0.05) is 17.7 Å². The molecule has 0 radical (unpaired) electrons. The highest BCUT2D eigenvalue weighted by Gasteiger charge is 2.14. The van der Waals surface area contributed by atoms with Crippen LogP contribution in [0.25, 0.3) is 11.0 Å². The molecule has 0 aliphatic heterocycles. The number of amides is 1. The van der Waals surface area contributed by atoms with Gasteiger partial charge in [-0.25, -0.2) is 9.78 Å². The first-order chi connectivity index (χ1) is 13.4. The van der Waals surface area contributed by atoms with E-state index >= 15 is 0 Å². The molecular formula is C20H18ClN3O4. The number of anilines is 1. The van der Waals surface area contributed by atoms with E-state index in [-0.39, 0.29) is 11.1 Å². The second kappa shape index (κ2) is 8.22. The quantitative estimate of drug-likeness (QED) is 0.665. The van der Waals surface area contributed by atoms with Crippen molar-refractivity contribution in [2.24, 2.45) is 0 Å². The number of hydrogen-bond donors (Lipinski definition) is 1. The summed E-state index contributed by atoms with van der Waals surface area (Å²) in [6.45, 7) is 3.54. The van der Waals surface area contributed by atoms with Crippen molar-refractivity contribution in [1.82, 2.24) is 9.55 Å². The number of benzene rings is 2. The number of fused-ring (bicyclic) bond motifs is 1. The Hall–Kier alpha value is -3.19. The van der Waals surface area contributed by atoms with E-state index in [2.05, 4.69) is 10.3 Å². The first kappa shape index (κ1) is 19.6. The van der Waals surface area contributed by atoms with Crippen molar-refractivity contribution in [3.8, 4) is 0 Å². The lowest BCUT2D eigenvalue weighted by Crippen LogP contribution is -2.23. The normalized spacial score (nSPS) is 10.7. The Balaban J connectivity index is 1.72. The molecule has 1 heterocycles. The topological polar surface area (TPSA) is 90.3 Å². The van der Waals surface area contributed by atoms with Crippen LogP contribution in [-0.2, 0) is 16.1 Å². The lowest BCUT2D eigenvalue weighted by molar-refractivity contribution is -0.119. The fourth-order valence-corrected chi connectivity index (χ4v) is 2.98. The maximum atomic E-state index is 12.3. The van der Waals surface area contributed by atoms with Gasteiger partial charge in [-0.3, -0.25) is 9.59 Å². The fourth-order valence-electron chi connectivity index (χ4n) is 2.79. The van der Waals surface area contributed by atoms with Gasteiger partial charge in [0.15, 0.2) is 6.61 Å². The predicted molar refractivity (Wildman–Crippen MR) is 107 cm³/mol. The predicted octanol–water partition coefficient (Wildman–Crippen LogP) is 3.17. The van der Waals surface area contributed by atoms with Gasteiger partial charge in [0.2, 0.25) is 0 Å². The molecule has 0 bridgehead atoms. The summed E-state index contributed by atoms with van der Waals surface area (Å²) in [6, 6.07) is 11.4. The summed E-state index contributed by atoms with van der Waals surface area (Å²) in [7, 11) is 0. The van der Waals surface area contributed by atoms with Crippen molar-refractivity contribution >= 4 is 40.2 Å². The Morgan fingerprint density at radius 3 is 2.71 bits per heavy atom. The highest BCUT2D eigenvalue weighted by atomic mass is 35.5. The lowest BCUT2D eigenvalue weighted by Gasteiger charge is -2.10. The van der Waals surface area contributed by atoms with Crippen LogP contribution in [0, 0.1) is 6.92 Å². The molecule has 1 amide bonds. The van der Waals surface area contributed by atoms with Crippen LogP contribution < -0.4 is 10.9 Å². The van der Waals surface area contributed by atoms with Gasteiger partial charge < -0.3 is 14.6 Å². The van der Waals surface area contributed by atoms with E-state index in [1.165, 1.54) is 0 Å². The molecule has 0 fully saturated rings. The first-order valence-corrected chi connectivity index (χ1v) is 9.00. The maximum Gasteiger partial charge on any atom is 0.338 e. The molecule has 144 valence electrons. The molecule has 3 aromatic rings. The van der Waals surface area contributed by atoms with E-state index in [1.807, 2.05) is 6.92 Å². The van der Waals surface area contributed by atoms with Gasteiger partial charge in [0.1, 0.15) is 5.69 Å². The van der Waals surface area contributed by atoms with Crippen LogP contribution in [-0.4, -0.2) is 28.0 Å². The average Bonchev–Trinajstić information content (AvgIpc) is 2.67. The number of esters is 1. The van der Waals surface area contributed by atoms with E-state index in [4.69, 9.17) is 16.3 Å². The number of carbonyl (C=O) groups excluding carboxylic acids is 2. The summed E-state index contributed by atoms with van der Waals surface area (Å²) in [5.74, 6) is -1.14. The number of hydrogen-bond acceptors (Lipinski definition) is 5. The van der Waals surface area contributed by atoms with Gasteiger partial charge in [0, 0.05) is 17.3 Å². The van der Waals surface area contributed by atoms with E-state index in [0.717, 1.165) is 0 Å². The van der Waals surface area contributed by atoms with Crippen LogP contribution in [0.5, 0.6) is 0 Å². The van der Waals surface area contributed by atoms with Crippen LogP contribution >= 0.6 is 11.6 Å². The fraction of sp³-hybridized carbons (Fsp3) is 0.200. The number of carbonyl (C=O) groups is 2. The zero-order valence-electron chi connectivity index (χ0n) is 15.4. The molecule has 3 rings (SSSR count). The second-order valence-electron chi connectivity index (χ2n) is 6.08. The summed E-state index contributed by atoms with van der Waals surface area (Å²) in [6.07, 6.45) is 0. The monoisotopic (exact) mass is 399 g/mol. The van der Waals surface area contributed by atoms with Gasteiger partial charge in [0.05, 0.1) is 16.6 Å². The van der Waals surface area contributed by atoms with Crippen molar-refractivity contribution in [3.05, 3.63) is 69.1 Å². The van der Waals surface area contributed by atoms with Crippen LogP contribution in [0.3, 0.4) is 0 Å². The number of halogens is 1. The third-order valence-corrected chi connectivity index (χ3v) is 4.34. The summed E-state index contributed by atoms with van der Waals surface area (Å²) in [5, 5.41) is 3.08. The number of aromatic nitrogens is 2. The highest BCUT2D eigenvalue weighted by Crippen LogP contribution is 2.16. The van der Waals surface area contributed by atoms with Crippen LogP contribution in [0.1, 0.15) is 23.0 Å². The zero-order valence-corrected chi connectivity index (χ0v) is 16.1. The molecule has 0 spiro atoms. The van der Waals surface area contributed by atoms with Crippen molar-refractivity contribution in [1.29, 1.82) is 0 Å². The minimum Gasteiger partial charge on any atom is -0.452 e. The van der Waals surface area contributed by atoms with E-state index in [1.54, 1.807) is 54.0 Å². The number of nitrogens with zero attached hydrogens (tertiary/aromatic N) is 2. The molecule has 28 heavy (non-hydrogen) atoms. The molecule has 0 atom stereocenters. The van der Waals surface area contributed by atoms with Gasteiger partial charge in [-0.2, -0.15) is 0 Å². The number of rotatable bonds is 5. The Morgan fingerprint density at radius 2 is 2.00 bits per heavy atom. The second-order valence-corrected chi connectivity index (χ2v) is 6.52. The molecule has 0 aliphatic rings. The van der Waals surface area contributed by atoms with E-state index in [0.29, 0.717) is 34.0 Å². The lowest BCUT2D eigenvalue weighted by atomic mass is 10.2. The first-order valence-electron chi connectivity index (χ1n) is 8.62. The SMILES string of the molecule is CCn1c(=O)c(C)nc2cc(C(=O)OCC(=O)Nc3cccc(Cl)c3)ccc21. The summed E-state index contributed by atoms with van der Waals surface area (Å²) >= 11 is 5.86. The number of ether oxygens (including phenoxy) is 1. The molecule has 2 aromatic carbocycles. The molecule has 0 saturated heterocycles. The van der Waals surface area contributed by atoms with Crippen molar-refractivity contribution in [3.63, 3.8) is 0 Å². The zero-order chi connectivity index (χ0) is 20.3. The molecule has 0 saturated carbocycles. The smallest absolute Gasteiger partial charge is 0.338 e. The van der Waals surface area contributed by atoms with Gasteiger partial charge in [-0.05, 0) is 50.2 Å². The van der Waals surface area contributed by atoms with E-state index < -0.39 is 18.5 Å². The largest absolute Gasteiger partial charge is 0.452 e. The van der Waals surface area contributed by atoms with Crippen LogP contribution in [0.15, 0.2) is 47.3 Å². The maximum absolute atomic E-state index is 12.3. The molecule has 1 N–H and O–H groups in total. The molecule has 7 nitrogen and oxygen atoms in total. The molecule has 0 unspecified atom stereocenters. The van der Waals surface area contributed by atoms with Crippen LogP contribution in [0.2, 0.25) is 5.02 Å². The van der Waals surface area contributed by atoms with E-state index in [9.17, 15) is 14.4 Å². The van der Waals surface area contributed by atoms with Crippen molar-refractivity contribution in [2.75, 3.05) is 11.9 Å². The average molecular weight is 400 g/mol. The standard InChI is InChI=1S/C20H18ClN3O4/c1-3-24-17-8-7-13(9-16(17)22-12(2)19(24)26)20(27)28-11-18(25)23-15-6-4-5-14(21)10-15/h4-10H,3,11H2,1-2H3,(H,23,25). The number of aryl methyl sites for hydroxylation is 2. The van der Waals surface area contributed by atoms with Gasteiger partial charge in [-0.15, -0.1) is 0 Å². The minimum absolute atomic E-state index is 0.164. The summed E-state index contributed by atoms with van der Waals surface area (Å²) in [4.78, 5) is 40.6.